The van der Waals surface area contributed by atoms with Gasteiger partial charge in [0.25, 0.3) is 0 Å². The molecule has 1 N–H and O–H groups in total. The van der Waals surface area contributed by atoms with E-state index in [-0.39, 0.29) is 12.0 Å². The Morgan fingerprint density at radius 3 is 2.25 bits per heavy atom. The van der Waals surface area contributed by atoms with Gasteiger partial charge in [-0.25, -0.2) is 9.97 Å². The molecular weight excluding hydrogens is 404 g/mol. The van der Waals surface area contributed by atoms with Crippen molar-refractivity contribution in [1.29, 1.82) is 0 Å². The maximum absolute atomic E-state index is 11.2. The van der Waals surface area contributed by atoms with Crippen molar-refractivity contribution >= 4 is 5.97 Å². The van der Waals surface area contributed by atoms with Crippen LogP contribution in [-0.2, 0) is 11.8 Å². The van der Waals surface area contributed by atoms with Crippen molar-refractivity contribution in [3.05, 3.63) is 61.4 Å². The molecular formula is C24H24N6O2. The van der Waals surface area contributed by atoms with Crippen LogP contribution in [0, 0.1) is 5.92 Å². The zero-order chi connectivity index (χ0) is 22.1. The highest BCUT2D eigenvalue weighted by Crippen LogP contribution is 2.33. The van der Waals surface area contributed by atoms with Crippen LogP contribution in [0.5, 0.6) is 0 Å². The van der Waals surface area contributed by atoms with Crippen LogP contribution in [-0.4, -0.2) is 40.6 Å². The molecule has 1 fully saturated rings. The van der Waals surface area contributed by atoms with Gasteiger partial charge in [-0.3, -0.25) is 14.2 Å². The number of carboxylic acids is 1. The maximum atomic E-state index is 11.2. The molecule has 162 valence electrons. The molecule has 0 aliphatic heterocycles. The number of carboxylic acid groups (broad SMARTS) is 1. The lowest BCUT2D eigenvalue weighted by Gasteiger charge is -2.26. The first-order valence-electron chi connectivity index (χ1n) is 10.8. The van der Waals surface area contributed by atoms with Crippen molar-refractivity contribution in [2.24, 2.45) is 13.0 Å². The summed E-state index contributed by atoms with van der Waals surface area (Å²) in [6.07, 6.45) is 14.4. The number of aryl methyl sites for hydroxylation is 1. The fourth-order valence-corrected chi connectivity index (χ4v) is 4.31. The fourth-order valence-electron chi connectivity index (χ4n) is 4.31. The molecule has 8 heteroatoms. The first-order valence-corrected chi connectivity index (χ1v) is 10.8. The van der Waals surface area contributed by atoms with E-state index < -0.39 is 5.97 Å². The molecule has 0 spiro atoms. The predicted molar refractivity (Wildman–Crippen MR) is 120 cm³/mol. The van der Waals surface area contributed by atoms with Crippen LogP contribution in [0.4, 0.5) is 0 Å². The monoisotopic (exact) mass is 428 g/mol. The first kappa shape index (κ1) is 20.1. The van der Waals surface area contributed by atoms with Crippen molar-refractivity contribution < 1.29 is 9.90 Å². The second-order valence-corrected chi connectivity index (χ2v) is 8.33. The summed E-state index contributed by atoms with van der Waals surface area (Å²) in [6, 6.07) is 8.36. The lowest BCUT2D eigenvalue weighted by Crippen LogP contribution is -2.23. The van der Waals surface area contributed by atoms with Gasteiger partial charge in [-0.05, 0) is 37.3 Å². The topological polar surface area (TPSA) is 98.7 Å². The second-order valence-electron chi connectivity index (χ2n) is 8.33. The van der Waals surface area contributed by atoms with Crippen LogP contribution in [0.15, 0.2) is 61.4 Å². The quantitative estimate of drug-likeness (QED) is 0.511. The van der Waals surface area contributed by atoms with E-state index in [0.717, 1.165) is 40.7 Å². The van der Waals surface area contributed by atoms with Gasteiger partial charge in [0, 0.05) is 54.1 Å². The average Bonchev–Trinajstić information content (AvgIpc) is 3.49. The summed E-state index contributed by atoms with van der Waals surface area (Å²) < 4.78 is 3.74. The summed E-state index contributed by atoms with van der Waals surface area (Å²) >= 11 is 0. The van der Waals surface area contributed by atoms with E-state index in [1.54, 1.807) is 4.68 Å². The molecule has 3 heterocycles. The van der Waals surface area contributed by atoms with Crippen LogP contribution in [0.3, 0.4) is 0 Å². The molecule has 4 aromatic rings. The van der Waals surface area contributed by atoms with E-state index in [9.17, 15) is 9.90 Å². The van der Waals surface area contributed by atoms with Gasteiger partial charge in [0.1, 0.15) is 0 Å². The molecule has 0 saturated heterocycles. The van der Waals surface area contributed by atoms with Gasteiger partial charge in [-0.2, -0.15) is 10.2 Å². The standard InChI is InChI=1S/C24H24N6O2/c1-29-14-20(12-27-29)17-3-2-4-18(9-17)23-25-10-19(11-26-23)21-13-28-30(15-21)22-7-5-16(6-8-22)24(31)32/h2-4,9-16,22H,5-8H2,1H3,(H,31,32)/t16-,22-. The van der Waals surface area contributed by atoms with Crippen molar-refractivity contribution in [3.63, 3.8) is 0 Å². The third kappa shape index (κ3) is 4.03. The Balaban J connectivity index is 1.31. The lowest BCUT2D eigenvalue weighted by molar-refractivity contribution is -0.143. The number of hydrogen-bond acceptors (Lipinski definition) is 5. The Morgan fingerprint density at radius 2 is 1.56 bits per heavy atom. The van der Waals surface area contributed by atoms with Gasteiger partial charge in [-0.15, -0.1) is 0 Å². The molecule has 3 aromatic heterocycles. The van der Waals surface area contributed by atoms with Gasteiger partial charge < -0.3 is 5.11 Å². The fraction of sp³-hybridized carbons (Fsp3) is 0.292. The first-order chi connectivity index (χ1) is 15.6. The molecule has 0 atom stereocenters. The Labute approximate surface area is 185 Å². The average molecular weight is 428 g/mol. The Hall–Kier alpha value is -3.81. The molecule has 0 radical (unpaired) electrons. The number of benzene rings is 1. The van der Waals surface area contributed by atoms with E-state index in [1.165, 1.54) is 0 Å². The van der Waals surface area contributed by atoms with E-state index >= 15 is 0 Å². The van der Waals surface area contributed by atoms with Crippen LogP contribution in [0.25, 0.3) is 33.6 Å². The molecule has 1 aliphatic carbocycles. The molecule has 32 heavy (non-hydrogen) atoms. The number of aromatic nitrogens is 6. The third-order valence-corrected chi connectivity index (χ3v) is 6.17. The molecule has 1 aliphatic rings. The molecule has 8 nitrogen and oxygen atoms in total. The smallest absolute Gasteiger partial charge is 0.306 e. The third-order valence-electron chi connectivity index (χ3n) is 6.17. The maximum Gasteiger partial charge on any atom is 0.306 e. The highest BCUT2D eigenvalue weighted by atomic mass is 16.4. The molecule has 0 unspecified atom stereocenters. The van der Waals surface area contributed by atoms with E-state index in [2.05, 4.69) is 26.2 Å². The Bertz CT molecular complexity index is 1240. The molecule has 0 amide bonds. The Kier molecular flexibility index (Phi) is 5.26. The largest absolute Gasteiger partial charge is 0.481 e. The summed E-state index contributed by atoms with van der Waals surface area (Å²) in [5, 5.41) is 17.9. The van der Waals surface area contributed by atoms with Gasteiger partial charge >= 0.3 is 5.97 Å². The molecule has 1 aromatic carbocycles. The van der Waals surface area contributed by atoms with Crippen molar-refractivity contribution in [2.75, 3.05) is 0 Å². The van der Waals surface area contributed by atoms with Gasteiger partial charge in [0.15, 0.2) is 5.82 Å². The zero-order valence-corrected chi connectivity index (χ0v) is 17.8. The Morgan fingerprint density at radius 1 is 0.875 bits per heavy atom. The van der Waals surface area contributed by atoms with Crippen molar-refractivity contribution in [1.82, 2.24) is 29.5 Å². The van der Waals surface area contributed by atoms with Gasteiger partial charge in [-0.1, -0.05) is 18.2 Å². The van der Waals surface area contributed by atoms with E-state index in [0.29, 0.717) is 18.7 Å². The van der Waals surface area contributed by atoms with Gasteiger partial charge in [0.05, 0.1) is 24.4 Å². The molecule has 0 bridgehead atoms. The number of aliphatic carboxylic acids is 1. The van der Waals surface area contributed by atoms with Crippen LogP contribution in [0.1, 0.15) is 31.7 Å². The highest BCUT2D eigenvalue weighted by molar-refractivity contribution is 5.70. The lowest BCUT2D eigenvalue weighted by atomic mass is 9.86. The molecule has 5 rings (SSSR count). The van der Waals surface area contributed by atoms with Crippen LogP contribution < -0.4 is 0 Å². The minimum Gasteiger partial charge on any atom is -0.481 e. The SMILES string of the molecule is Cn1cc(-c2cccc(-c3ncc(-c4cnn([C@H]5CC[C@H](C(=O)O)CC5)c4)cn3)c2)cn1. The van der Waals surface area contributed by atoms with Crippen molar-refractivity contribution in [3.8, 4) is 33.6 Å². The summed E-state index contributed by atoms with van der Waals surface area (Å²) in [4.78, 5) is 20.3. The second kappa shape index (κ2) is 8.37. The predicted octanol–water partition coefficient (Wildman–Crippen LogP) is 4.22. The summed E-state index contributed by atoms with van der Waals surface area (Å²) in [6.45, 7) is 0. The minimum atomic E-state index is -0.687. The highest BCUT2D eigenvalue weighted by Gasteiger charge is 2.27. The van der Waals surface area contributed by atoms with Crippen molar-refractivity contribution in [2.45, 2.75) is 31.7 Å². The number of rotatable bonds is 5. The number of carbonyl (C=O) groups is 1. The summed E-state index contributed by atoms with van der Waals surface area (Å²) in [5.74, 6) is -0.245. The van der Waals surface area contributed by atoms with E-state index in [1.807, 2.05) is 67.1 Å². The normalized spacial score (nSPS) is 18.5. The summed E-state index contributed by atoms with van der Waals surface area (Å²) in [5.41, 5.74) is 4.94. The molecule has 1 saturated carbocycles. The van der Waals surface area contributed by atoms with Crippen LogP contribution >= 0.6 is 0 Å². The number of nitrogens with zero attached hydrogens (tertiary/aromatic N) is 6. The number of hydrogen-bond donors (Lipinski definition) is 1. The minimum absolute atomic E-state index is 0.223. The zero-order valence-electron chi connectivity index (χ0n) is 17.8. The summed E-state index contributed by atoms with van der Waals surface area (Å²) in [7, 11) is 1.90. The van der Waals surface area contributed by atoms with Crippen LogP contribution in [0.2, 0.25) is 0 Å². The van der Waals surface area contributed by atoms with E-state index in [4.69, 9.17) is 0 Å². The van der Waals surface area contributed by atoms with Gasteiger partial charge in [0.2, 0.25) is 0 Å².